The second kappa shape index (κ2) is 8.28. The van der Waals surface area contributed by atoms with Gasteiger partial charge in [0.25, 0.3) is 0 Å². The van der Waals surface area contributed by atoms with Gasteiger partial charge in [-0.05, 0) is 68.0 Å². The molecule has 1 aliphatic heterocycles. The summed E-state index contributed by atoms with van der Waals surface area (Å²) in [6.07, 6.45) is 1.44. The van der Waals surface area contributed by atoms with Crippen molar-refractivity contribution >= 4 is 11.9 Å². The molecule has 7 fully saturated rings. The lowest BCUT2D eigenvalue weighted by Gasteiger charge is -2.71. The highest BCUT2D eigenvalue weighted by atomic mass is 16.6. The van der Waals surface area contributed by atoms with E-state index in [2.05, 4.69) is 18.7 Å². The Balaban J connectivity index is 1.34. The Morgan fingerprint density at radius 2 is 1.85 bits per heavy atom. The molecule has 0 amide bonds. The maximum absolute atomic E-state index is 12.9. The smallest absolute Gasteiger partial charge is 0.338 e. The van der Waals surface area contributed by atoms with Crippen LogP contribution in [0.4, 0.5) is 0 Å². The van der Waals surface area contributed by atoms with E-state index in [-0.39, 0.29) is 35.8 Å². The number of aliphatic hydroxyl groups excluding tert-OH is 2. The van der Waals surface area contributed by atoms with Crippen LogP contribution in [0, 0.1) is 39.9 Å². The predicted octanol–water partition coefficient (Wildman–Crippen LogP) is 2.39. The average molecular weight is 540 g/mol. The molecule has 0 aromatic heterocycles. The van der Waals surface area contributed by atoms with Gasteiger partial charge < -0.3 is 24.8 Å². The molecule has 6 saturated carbocycles. The van der Waals surface area contributed by atoms with Gasteiger partial charge in [0.2, 0.25) is 0 Å². The lowest BCUT2D eigenvalue weighted by molar-refractivity contribution is -0.331. The minimum absolute atomic E-state index is 0.0525. The molecular formula is C31H41NO7. The number of carbonyl (C=O) groups excluding carboxylic acids is 2. The van der Waals surface area contributed by atoms with Crippen LogP contribution in [0.25, 0.3) is 0 Å². The van der Waals surface area contributed by atoms with Gasteiger partial charge in [-0.15, -0.1) is 0 Å². The van der Waals surface area contributed by atoms with Gasteiger partial charge in [-0.1, -0.05) is 32.0 Å². The standard InChI is InChI=1S/C31H41NO7/c1-4-32-15-28(3)12-11-22(34)31-21(28)14-20(25(31)32)29-13-10-19(23(35)24(29)31)30(37,27(29)39-17(2)33)16-38-26(36)18-8-6-5-7-9-18/h5-9,19-25,27,34-35,37H,4,10-16H2,1-3H3/t19?,20?,21?,22-,23-,24?,25?,27+,28-,29?,30-,31+/m0/s1. The Morgan fingerprint density at radius 3 is 2.54 bits per heavy atom. The van der Waals surface area contributed by atoms with Gasteiger partial charge in [0.1, 0.15) is 18.3 Å². The van der Waals surface area contributed by atoms with E-state index < -0.39 is 52.6 Å². The normalized spacial score (nSPS) is 50.9. The number of likely N-dealkylation sites (tertiary alicyclic amines) is 1. The zero-order valence-electron chi connectivity index (χ0n) is 23.1. The van der Waals surface area contributed by atoms with Gasteiger partial charge in [0.05, 0.1) is 17.8 Å². The molecule has 39 heavy (non-hydrogen) atoms. The largest absolute Gasteiger partial charge is 0.459 e. The quantitative estimate of drug-likeness (QED) is 0.489. The van der Waals surface area contributed by atoms with E-state index >= 15 is 0 Å². The molecule has 7 bridgehead atoms. The van der Waals surface area contributed by atoms with Gasteiger partial charge in [-0.3, -0.25) is 9.69 Å². The van der Waals surface area contributed by atoms with Gasteiger partial charge in [0, 0.05) is 42.2 Å². The molecule has 8 rings (SSSR count). The molecule has 1 aromatic rings. The summed E-state index contributed by atoms with van der Waals surface area (Å²) >= 11 is 0. The number of hydrogen-bond donors (Lipinski definition) is 3. The lowest BCUT2D eigenvalue weighted by Crippen LogP contribution is -2.78. The van der Waals surface area contributed by atoms with Crippen LogP contribution in [-0.2, 0) is 14.3 Å². The maximum Gasteiger partial charge on any atom is 0.338 e. The van der Waals surface area contributed by atoms with Crippen LogP contribution in [0.1, 0.15) is 63.2 Å². The van der Waals surface area contributed by atoms with Crippen molar-refractivity contribution in [3.8, 4) is 0 Å². The average Bonchev–Trinajstić information content (AvgIpc) is 3.36. The number of benzene rings is 1. The fourth-order valence-corrected chi connectivity index (χ4v) is 11.7. The summed E-state index contributed by atoms with van der Waals surface area (Å²) < 4.78 is 11.8. The maximum atomic E-state index is 12.9. The second-order valence-corrected chi connectivity index (χ2v) is 13.8. The number of rotatable bonds is 5. The van der Waals surface area contributed by atoms with Crippen molar-refractivity contribution in [1.82, 2.24) is 4.90 Å². The molecule has 2 spiro atoms. The highest BCUT2D eigenvalue weighted by molar-refractivity contribution is 5.89. The molecule has 212 valence electrons. The fourth-order valence-electron chi connectivity index (χ4n) is 11.7. The van der Waals surface area contributed by atoms with Crippen molar-refractivity contribution in [2.75, 3.05) is 19.7 Å². The Hall–Kier alpha value is -2.00. The van der Waals surface area contributed by atoms with E-state index in [9.17, 15) is 24.9 Å². The molecule has 7 aliphatic rings. The molecule has 6 aliphatic carbocycles. The first-order valence-corrected chi connectivity index (χ1v) is 14.8. The number of carbonyl (C=O) groups is 2. The highest BCUT2D eigenvalue weighted by Crippen LogP contribution is 2.84. The zero-order chi connectivity index (χ0) is 27.5. The Labute approximate surface area is 229 Å². The molecule has 6 unspecified atom stereocenters. The summed E-state index contributed by atoms with van der Waals surface area (Å²) in [4.78, 5) is 28.0. The summed E-state index contributed by atoms with van der Waals surface area (Å²) in [5.41, 5.74) is -2.51. The second-order valence-electron chi connectivity index (χ2n) is 13.8. The zero-order valence-corrected chi connectivity index (χ0v) is 23.1. The molecule has 1 saturated heterocycles. The molecule has 8 heteroatoms. The van der Waals surface area contributed by atoms with Crippen LogP contribution in [-0.4, -0.2) is 81.8 Å². The number of esters is 2. The van der Waals surface area contributed by atoms with Crippen molar-refractivity contribution in [2.24, 2.45) is 39.9 Å². The number of hydrogen-bond acceptors (Lipinski definition) is 8. The van der Waals surface area contributed by atoms with Gasteiger partial charge >= 0.3 is 11.9 Å². The summed E-state index contributed by atoms with van der Waals surface area (Å²) in [7, 11) is 0. The first-order valence-electron chi connectivity index (χ1n) is 14.8. The lowest BCUT2D eigenvalue weighted by atomic mass is 9.37. The number of ether oxygens (including phenoxy) is 2. The van der Waals surface area contributed by atoms with E-state index in [0.717, 1.165) is 25.9 Å². The minimum Gasteiger partial charge on any atom is -0.459 e. The van der Waals surface area contributed by atoms with Crippen molar-refractivity contribution in [1.29, 1.82) is 0 Å². The summed E-state index contributed by atoms with van der Waals surface area (Å²) in [6, 6.07) is 8.68. The predicted molar refractivity (Wildman–Crippen MR) is 140 cm³/mol. The van der Waals surface area contributed by atoms with E-state index in [1.54, 1.807) is 24.3 Å². The molecule has 8 nitrogen and oxygen atoms in total. The van der Waals surface area contributed by atoms with Gasteiger partial charge in [0.15, 0.2) is 0 Å². The van der Waals surface area contributed by atoms with Crippen LogP contribution in [0.3, 0.4) is 0 Å². The van der Waals surface area contributed by atoms with Crippen LogP contribution in [0.15, 0.2) is 30.3 Å². The van der Waals surface area contributed by atoms with Crippen molar-refractivity contribution in [3.63, 3.8) is 0 Å². The Morgan fingerprint density at radius 1 is 1.10 bits per heavy atom. The Bertz CT molecular complexity index is 1190. The van der Waals surface area contributed by atoms with Gasteiger partial charge in [-0.25, -0.2) is 4.79 Å². The summed E-state index contributed by atoms with van der Waals surface area (Å²) in [6.45, 7) is 7.32. The van der Waals surface area contributed by atoms with Crippen molar-refractivity contribution < 1.29 is 34.4 Å². The van der Waals surface area contributed by atoms with Crippen LogP contribution in [0.2, 0.25) is 0 Å². The molecular weight excluding hydrogens is 498 g/mol. The third-order valence-corrected chi connectivity index (χ3v) is 12.5. The van der Waals surface area contributed by atoms with Crippen LogP contribution < -0.4 is 0 Å². The van der Waals surface area contributed by atoms with E-state index in [4.69, 9.17) is 9.47 Å². The summed E-state index contributed by atoms with van der Waals surface area (Å²) in [5.74, 6) is -1.66. The SMILES string of the molecule is CCN1C[C@]2(C)CC[C@H](O)[C@]34C1C(CC23)C12CCC([C@H](O)C14)[C@@](O)(COC(=O)c1ccccc1)[C@@H]2OC(C)=O. The van der Waals surface area contributed by atoms with Crippen molar-refractivity contribution in [3.05, 3.63) is 35.9 Å². The van der Waals surface area contributed by atoms with E-state index in [0.29, 0.717) is 24.8 Å². The molecule has 1 heterocycles. The highest BCUT2D eigenvalue weighted by Gasteiger charge is 2.89. The first kappa shape index (κ1) is 25.9. The molecule has 1 aromatic carbocycles. The molecule has 0 radical (unpaired) electrons. The topological polar surface area (TPSA) is 117 Å². The van der Waals surface area contributed by atoms with Gasteiger partial charge in [-0.2, -0.15) is 0 Å². The minimum atomic E-state index is -1.72. The Kier molecular flexibility index (Phi) is 5.50. The van der Waals surface area contributed by atoms with E-state index in [1.165, 1.54) is 6.92 Å². The molecule has 3 N–H and O–H groups in total. The number of fused-ring (bicyclic) bond motifs is 2. The number of piperidine rings is 1. The molecule has 12 atom stereocenters. The first-order chi connectivity index (χ1) is 18.6. The number of nitrogens with zero attached hydrogens (tertiary/aromatic N) is 1. The summed E-state index contributed by atoms with van der Waals surface area (Å²) in [5, 5.41) is 36.5. The number of aliphatic hydroxyl groups is 3. The van der Waals surface area contributed by atoms with Crippen molar-refractivity contribution in [2.45, 2.75) is 82.8 Å². The van der Waals surface area contributed by atoms with Crippen LogP contribution in [0.5, 0.6) is 0 Å². The fraction of sp³-hybridized carbons (Fsp3) is 0.742. The third kappa shape index (κ3) is 2.94. The van der Waals surface area contributed by atoms with Crippen LogP contribution >= 0.6 is 0 Å². The third-order valence-electron chi connectivity index (χ3n) is 12.5. The van der Waals surface area contributed by atoms with E-state index in [1.807, 2.05) is 6.07 Å². The monoisotopic (exact) mass is 539 g/mol.